The lowest BCUT2D eigenvalue weighted by molar-refractivity contribution is -0.142. The maximum atomic E-state index is 13.1. The molecule has 1 heterocycles. The van der Waals surface area contributed by atoms with Crippen molar-refractivity contribution in [1.29, 1.82) is 0 Å². The number of hydrogen-bond donors (Lipinski definition) is 1. The van der Waals surface area contributed by atoms with Crippen molar-refractivity contribution in [2.45, 2.75) is 51.9 Å². The molecule has 2 fully saturated rings. The highest BCUT2D eigenvalue weighted by Gasteiger charge is 2.43. The summed E-state index contributed by atoms with van der Waals surface area (Å²) < 4.78 is 0. The lowest BCUT2D eigenvalue weighted by Gasteiger charge is -2.41. The van der Waals surface area contributed by atoms with Crippen LogP contribution in [0.5, 0.6) is 0 Å². The number of aryl methyl sites for hydroxylation is 1. The molecule has 1 aliphatic carbocycles. The van der Waals surface area contributed by atoms with Crippen molar-refractivity contribution in [3.63, 3.8) is 0 Å². The lowest BCUT2D eigenvalue weighted by atomic mass is 9.71. The van der Waals surface area contributed by atoms with Crippen LogP contribution in [-0.2, 0) is 16.0 Å². The molecule has 1 saturated carbocycles. The first-order valence-corrected chi connectivity index (χ1v) is 11.7. The Kier molecular flexibility index (Phi) is 6.45. The third kappa shape index (κ3) is 4.39. The van der Waals surface area contributed by atoms with Gasteiger partial charge < -0.3 is 10.2 Å². The first-order valence-electron chi connectivity index (χ1n) is 11.7. The Hall–Kier alpha value is -2.62. The van der Waals surface area contributed by atoms with Gasteiger partial charge in [-0.3, -0.25) is 9.59 Å². The van der Waals surface area contributed by atoms with Gasteiger partial charge in [-0.1, -0.05) is 61.4 Å². The molecule has 2 aromatic carbocycles. The third-order valence-electron chi connectivity index (χ3n) is 7.43. The Morgan fingerprint density at radius 1 is 0.968 bits per heavy atom. The van der Waals surface area contributed by atoms with E-state index in [4.69, 9.17) is 0 Å². The van der Waals surface area contributed by atoms with Crippen molar-refractivity contribution in [1.82, 2.24) is 10.2 Å². The van der Waals surface area contributed by atoms with Crippen molar-refractivity contribution in [3.8, 4) is 11.1 Å². The van der Waals surface area contributed by atoms with Crippen LogP contribution in [0.25, 0.3) is 11.1 Å². The van der Waals surface area contributed by atoms with Crippen LogP contribution in [-0.4, -0.2) is 36.9 Å². The number of benzene rings is 2. The Bertz CT molecular complexity index is 938. The van der Waals surface area contributed by atoms with E-state index in [1.54, 1.807) is 7.05 Å². The number of carbonyl (C=O) groups is 2. The number of hydrogen-bond acceptors (Lipinski definition) is 2. The number of nitrogens with zero attached hydrogens (tertiary/aromatic N) is 1. The minimum atomic E-state index is -0.472. The second kappa shape index (κ2) is 9.25. The summed E-state index contributed by atoms with van der Waals surface area (Å²) in [5.74, 6) is 0.609. The van der Waals surface area contributed by atoms with E-state index >= 15 is 0 Å². The Balaban J connectivity index is 1.58. The predicted octanol–water partition coefficient (Wildman–Crippen LogP) is 4.75. The summed E-state index contributed by atoms with van der Waals surface area (Å²) in [4.78, 5) is 28.1. The van der Waals surface area contributed by atoms with Gasteiger partial charge >= 0.3 is 0 Å². The molecule has 0 spiro atoms. The molecule has 4 heteroatoms. The summed E-state index contributed by atoms with van der Waals surface area (Å²) in [6.45, 7) is 3.48. The minimum absolute atomic E-state index is 0.0973. The molecule has 0 radical (unpaired) electrons. The zero-order chi connectivity index (χ0) is 21.8. The first kappa shape index (κ1) is 21.6. The largest absolute Gasteiger partial charge is 0.359 e. The summed E-state index contributed by atoms with van der Waals surface area (Å²) in [5.41, 5.74) is 4.39. The SMILES string of the molecule is CNC(=O)C1(Cc2ccccc2-c2ccccc2C)CCN(C(=O)C2CCCC2)CC1. The van der Waals surface area contributed by atoms with Crippen LogP contribution in [0.15, 0.2) is 48.5 Å². The summed E-state index contributed by atoms with van der Waals surface area (Å²) in [5, 5.41) is 2.92. The number of amides is 2. The fourth-order valence-electron chi connectivity index (χ4n) is 5.51. The number of rotatable bonds is 5. The molecule has 4 rings (SSSR count). The molecule has 2 aromatic rings. The molecule has 31 heavy (non-hydrogen) atoms. The molecule has 0 unspecified atom stereocenters. The van der Waals surface area contributed by atoms with Gasteiger partial charge in [0.05, 0.1) is 5.41 Å². The van der Waals surface area contributed by atoms with Gasteiger partial charge in [-0.25, -0.2) is 0 Å². The molecule has 0 atom stereocenters. The monoisotopic (exact) mass is 418 g/mol. The molecule has 4 nitrogen and oxygen atoms in total. The Labute approximate surface area is 186 Å². The predicted molar refractivity (Wildman–Crippen MR) is 125 cm³/mol. The molecule has 2 amide bonds. The van der Waals surface area contributed by atoms with E-state index in [0.29, 0.717) is 38.3 Å². The lowest BCUT2D eigenvalue weighted by Crippen LogP contribution is -2.51. The molecule has 164 valence electrons. The van der Waals surface area contributed by atoms with E-state index in [0.717, 1.165) is 12.8 Å². The highest BCUT2D eigenvalue weighted by molar-refractivity contribution is 5.84. The molecule has 1 N–H and O–H groups in total. The zero-order valence-electron chi connectivity index (χ0n) is 18.8. The molecule has 0 bridgehead atoms. The van der Waals surface area contributed by atoms with Gasteiger partial charge in [0, 0.05) is 26.1 Å². The van der Waals surface area contributed by atoms with Crippen molar-refractivity contribution in [2.75, 3.05) is 20.1 Å². The van der Waals surface area contributed by atoms with Crippen LogP contribution in [0.3, 0.4) is 0 Å². The highest BCUT2D eigenvalue weighted by Crippen LogP contribution is 2.39. The van der Waals surface area contributed by atoms with E-state index in [1.807, 2.05) is 4.90 Å². The fourth-order valence-corrected chi connectivity index (χ4v) is 5.51. The van der Waals surface area contributed by atoms with Crippen molar-refractivity contribution >= 4 is 11.8 Å². The Morgan fingerprint density at radius 2 is 1.58 bits per heavy atom. The second-order valence-electron chi connectivity index (χ2n) is 9.31. The smallest absolute Gasteiger partial charge is 0.226 e. The first-order chi connectivity index (χ1) is 15.0. The van der Waals surface area contributed by atoms with E-state index in [-0.39, 0.29) is 11.8 Å². The van der Waals surface area contributed by atoms with Gasteiger partial charge in [-0.15, -0.1) is 0 Å². The number of piperidine rings is 1. The van der Waals surface area contributed by atoms with Gasteiger partial charge in [0.1, 0.15) is 0 Å². The average molecular weight is 419 g/mol. The Morgan fingerprint density at radius 3 is 2.23 bits per heavy atom. The van der Waals surface area contributed by atoms with Crippen LogP contribution >= 0.6 is 0 Å². The molecule has 0 aromatic heterocycles. The topological polar surface area (TPSA) is 49.4 Å². The summed E-state index contributed by atoms with van der Waals surface area (Å²) >= 11 is 0. The van der Waals surface area contributed by atoms with Gasteiger partial charge in [-0.2, -0.15) is 0 Å². The second-order valence-corrected chi connectivity index (χ2v) is 9.31. The number of carbonyl (C=O) groups excluding carboxylic acids is 2. The normalized spacial score (nSPS) is 18.7. The van der Waals surface area contributed by atoms with Crippen molar-refractivity contribution < 1.29 is 9.59 Å². The van der Waals surface area contributed by atoms with Crippen LogP contribution in [0.1, 0.15) is 49.7 Å². The van der Waals surface area contributed by atoms with Gasteiger partial charge in [-0.05, 0) is 61.3 Å². The molecular formula is C27H34N2O2. The molecule has 1 saturated heterocycles. The van der Waals surface area contributed by atoms with E-state index < -0.39 is 5.41 Å². The van der Waals surface area contributed by atoms with Crippen LogP contribution in [0.4, 0.5) is 0 Å². The van der Waals surface area contributed by atoms with Crippen LogP contribution < -0.4 is 5.32 Å². The highest BCUT2D eigenvalue weighted by atomic mass is 16.2. The quantitative estimate of drug-likeness (QED) is 0.762. The minimum Gasteiger partial charge on any atom is -0.359 e. The maximum Gasteiger partial charge on any atom is 0.226 e. The number of likely N-dealkylation sites (tertiary alicyclic amines) is 1. The van der Waals surface area contributed by atoms with Crippen LogP contribution in [0.2, 0.25) is 0 Å². The van der Waals surface area contributed by atoms with E-state index in [9.17, 15) is 9.59 Å². The zero-order valence-corrected chi connectivity index (χ0v) is 18.8. The summed E-state index contributed by atoms with van der Waals surface area (Å²) in [6.07, 6.45) is 6.52. The summed E-state index contributed by atoms with van der Waals surface area (Å²) in [6, 6.07) is 16.9. The molecule has 2 aliphatic rings. The number of nitrogens with one attached hydrogen (secondary N) is 1. The fraction of sp³-hybridized carbons (Fsp3) is 0.481. The van der Waals surface area contributed by atoms with Gasteiger partial charge in [0.15, 0.2) is 0 Å². The molecular weight excluding hydrogens is 384 g/mol. The van der Waals surface area contributed by atoms with Gasteiger partial charge in [0.2, 0.25) is 11.8 Å². The summed E-state index contributed by atoms with van der Waals surface area (Å²) in [7, 11) is 1.73. The third-order valence-corrected chi connectivity index (χ3v) is 7.43. The standard InChI is InChI=1S/C27H34N2O2/c1-20-9-3-7-13-23(20)24-14-8-6-12-22(24)19-27(26(31)28-2)15-17-29(18-16-27)25(30)21-10-4-5-11-21/h3,6-9,12-14,21H,4-5,10-11,15-19H2,1-2H3,(H,28,31). The maximum absolute atomic E-state index is 13.1. The van der Waals surface area contributed by atoms with Crippen LogP contribution in [0, 0.1) is 18.3 Å². The van der Waals surface area contributed by atoms with E-state index in [1.165, 1.54) is 35.1 Å². The van der Waals surface area contributed by atoms with Crippen molar-refractivity contribution in [3.05, 3.63) is 59.7 Å². The molecule has 1 aliphatic heterocycles. The van der Waals surface area contributed by atoms with Gasteiger partial charge in [0.25, 0.3) is 0 Å². The average Bonchev–Trinajstić information content (AvgIpc) is 3.34. The van der Waals surface area contributed by atoms with Crippen molar-refractivity contribution in [2.24, 2.45) is 11.3 Å². The van der Waals surface area contributed by atoms with E-state index in [2.05, 4.69) is 60.8 Å².